The summed E-state index contributed by atoms with van der Waals surface area (Å²) in [6.07, 6.45) is 4.59. The molecule has 9 heteroatoms. The van der Waals surface area contributed by atoms with Crippen LogP contribution in [0.15, 0.2) is 42.3 Å². The van der Waals surface area contributed by atoms with Gasteiger partial charge in [0, 0.05) is 23.0 Å². The lowest BCUT2D eigenvalue weighted by Gasteiger charge is -2.08. The highest BCUT2D eigenvalue weighted by atomic mass is 35.5. The number of aromatic hydroxyl groups is 1. The van der Waals surface area contributed by atoms with E-state index in [-0.39, 0.29) is 11.7 Å². The van der Waals surface area contributed by atoms with Gasteiger partial charge in [0.05, 0.1) is 38.9 Å². The summed E-state index contributed by atoms with van der Waals surface area (Å²) in [5, 5.41) is 20.0. The van der Waals surface area contributed by atoms with Gasteiger partial charge in [-0.25, -0.2) is 4.98 Å². The quantitative estimate of drug-likeness (QED) is 0.509. The van der Waals surface area contributed by atoms with E-state index in [9.17, 15) is 9.90 Å². The Kier molecular flexibility index (Phi) is 3.83. The number of phenols is 1. The van der Waals surface area contributed by atoms with E-state index in [2.05, 4.69) is 25.5 Å². The summed E-state index contributed by atoms with van der Waals surface area (Å²) in [6, 6.07) is 4.64. The van der Waals surface area contributed by atoms with E-state index in [1.165, 1.54) is 29.8 Å². The van der Waals surface area contributed by atoms with Crippen LogP contribution in [0.4, 0.5) is 5.69 Å². The molecular weight excluding hydrogens is 362 g/mol. The fraction of sp³-hybridized carbons (Fsp3) is 0. The molecule has 0 spiro atoms. The van der Waals surface area contributed by atoms with Gasteiger partial charge in [0.25, 0.3) is 5.91 Å². The van der Waals surface area contributed by atoms with Crippen LogP contribution in [0.2, 0.25) is 5.02 Å². The van der Waals surface area contributed by atoms with Crippen LogP contribution in [-0.2, 0) is 0 Å². The van der Waals surface area contributed by atoms with E-state index >= 15 is 0 Å². The number of carbonyl (C=O) groups is 1. The average Bonchev–Trinajstić information content (AvgIpc) is 3.25. The van der Waals surface area contributed by atoms with Gasteiger partial charge in [-0.1, -0.05) is 11.6 Å². The van der Waals surface area contributed by atoms with Gasteiger partial charge < -0.3 is 10.4 Å². The SMILES string of the molecule is O=C(Nc1cn[nH]c1-c1cc(Cl)ccc1O)c1cncc2scnc12. The molecule has 0 radical (unpaired) electrons. The van der Waals surface area contributed by atoms with E-state index in [1.807, 2.05) is 0 Å². The number of nitrogens with zero attached hydrogens (tertiary/aromatic N) is 3. The molecule has 4 aromatic rings. The van der Waals surface area contributed by atoms with E-state index in [0.29, 0.717) is 33.0 Å². The molecule has 3 N–H and O–H groups in total. The third-order valence-electron chi connectivity index (χ3n) is 3.61. The summed E-state index contributed by atoms with van der Waals surface area (Å²) in [5.41, 5.74) is 3.91. The third-order valence-corrected chi connectivity index (χ3v) is 4.60. The van der Waals surface area contributed by atoms with Crippen LogP contribution in [0, 0.1) is 0 Å². The van der Waals surface area contributed by atoms with Gasteiger partial charge in [-0.2, -0.15) is 5.10 Å². The number of halogens is 1. The number of aromatic amines is 1. The molecule has 0 saturated heterocycles. The first-order valence-corrected chi connectivity index (χ1v) is 8.40. The summed E-state index contributed by atoms with van der Waals surface area (Å²) < 4.78 is 0.826. The van der Waals surface area contributed by atoms with Gasteiger partial charge in [-0.15, -0.1) is 11.3 Å². The number of anilines is 1. The molecule has 4 rings (SSSR count). The second-order valence-corrected chi connectivity index (χ2v) is 6.48. The van der Waals surface area contributed by atoms with Gasteiger partial charge in [0.15, 0.2) is 0 Å². The third kappa shape index (κ3) is 2.81. The molecule has 0 aliphatic rings. The summed E-state index contributed by atoms with van der Waals surface area (Å²) in [7, 11) is 0. The maximum Gasteiger partial charge on any atom is 0.259 e. The lowest BCUT2D eigenvalue weighted by molar-refractivity contribution is 0.102. The predicted molar refractivity (Wildman–Crippen MR) is 96.1 cm³/mol. The molecule has 124 valence electrons. The number of benzene rings is 1. The van der Waals surface area contributed by atoms with Crippen LogP contribution in [0.5, 0.6) is 5.75 Å². The fourth-order valence-corrected chi connectivity index (χ4v) is 3.28. The zero-order valence-electron chi connectivity index (χ0n) is 12.5. The van der Waals surface area contributed by atoms with E-state index in [0.717, 1.165) is 4.70 Å². The van der Waals surface area contributed by atoms with Crippen molar-refractivity contribution in [3.63, 3.8) is 0 Å². The lowest BCUT2D eigenvalue weighted by Crippen LogP contribution is -2.13. The minimum absolute atomic E-state index is 0.0208. The average molecular weight is 372 g/mol. The molecule has 0 aliphatic heterocycles. The Morgan fingerprint density at radius 1 is 1.28 bits per heavy atom. The number of amides is 1. The standard InChI is InChI=1S/C16H10ClN5O2S/c17-8-1-2-12(23)9(3-8)14-11(5-20-22-14)21-16(24)10-4-18-6-13-15(10)19-7-25-13/h1-7,23H,(H,20,22)(H,21,24). The highest BCUT2D eigenvalue weighted by Gasteiger charge is 2.18. The van der Waals surface area contributed by atoms with Crippen molar-refractivity contribution in [1.82, 2.24) is 20.2 Å². The number of rotatable bonds is 3. The molecule has 7 nitrogen and oxygen atoms in total. The van der Waals surface area contributed by atoms with Crippen molar-refractivity contribution in [2.24, 2.45) is 0 Å². The Morgan fingerprint density at radius 3 is 3.04 bits per heavy atom. The van der Waals surface area contributed by atoms with Gasteiger partial charge in [0.2, 0.25) is 0 Å². The van der Waals surface area contributed by atoms with Crippen LogP contribution < -0.4 is 5.32 Å². The van der Waals surface area contributed by atoms with Gasteiger partial charge in [0.1, 0.15) is 5.75 Å². The smallest absolute Gasteiger partial charge is 0.259 e. The number of H-pyrrole nitrogens is 1. The highest BCUT2D eigenvalue weighted by Crippen LogP contribution is 2.35. The Labute approximate surface area is 150 Å². The first kappa shape index (κ1) is 15.6. The number of phenolic OH excluding ortho intramolecular Hbond substituents is 1. The largest absolute Gasteiger partial charge is 0.507 e. The first-order chi connectivity index (χ1) is 12.1. The molecule has 1 amide bonds. The van der Waals surface area contributed by atoms with Crippen molar-refractivity contribution >= 4 is 44.7 Å². The molecule has 0 fully saturated rings. The van der Waals surface area contributed by atoms with Crippen molar-refractivity contribution in [2.45, 2.75) is 0 Å². The maximum atomic E-state index is 12.6. The second-order valence-electron chi connectivity index (χ2n) is 5.16. The monoisotopic (exact) mass is 371 g/mol. The first-order valence-electron chi connectivity index (χ1n) is 7.14. The molecule has 25 heavy (non-hydrogen) atoms. The van der Waals surface area contributed by atoms with E-state index in [1.54, 1.807) is 23.8 Å². The van der Waals surface area contributed by atoms with Crippen LogP contribution in [0.25, 0.3) is 21.5 Å². The Balaban J connectivity index is 1.71. The van der Waals surface area contributed by atoms with Crippen LogP contribution >= 0.6 is 22.9 Å². The summed E-state index contributed by atoms with van der Waals surface area (Å²) in [4.78, 5) is 20.9. The molecule has 0 unspecified atom stereocenters. The van der Waals surface area contributed by atoms with E-state index < -0.39 is 0 Å². The van der Waals surface area contributed by atoms with Crippen LogP contribution in [0.1, 0.15) is 10.4 Å². The van der Waals surface area contributed by atoms with Crippen molar-refractivity contribution in [3.05, 3.63) is 52.9 Å². The number of hydrogen-bond donors (Lipinski definition) is 3. The van der Waals surface area contributed by atoms with Crippen molar-refractivity contribution in [3.8, 4) is 17.0 Å². The molecule has 0 bridgehead atoms. The predicted octanol–water partition coefficient (Wildman–Crippen LogP) is 3.69. The maximum absolute atomic E-state index is 12.6. The van der Waals surface area contributed by atoms with Crippen molar-refractivity contribution in [2.75, 3.05) is 5.32 Å². The van der Waals surface area contributed by atoms with Gasteiger partial charge in [-0.05, 0) is 18.2 Å². The van der Waals surface area contributed by atoms with Gasteiger partial charge in [-0.3, -0.25) is 14.9 Å². The summed E-state index contributed by atoms with van der Waals surface area (Å²) >= 11 is 7.40. The van der Waals surface area contributed by atoms with Crippen molar-refractivity contribution in [1.29, 1.82) is 0 Å². The molecule has 3 heterocycles. The number of aromatic nitrogens is 4. The normalized spacial score (nSPS) is 10.9. The fourth-order valence-electron chi connectivity index (χ4n) is 2.44. The van der Waals surface area contributed by atoms with Crippen molar-refractivity contribution < 1.29 is 9.90 Å². The van der Waals surface area contributed by atoms with Crippen LogP contribution in [0.3, 0.4) is 0 Å². The molecule has 0 atom stereocenters. The lowest BCUT2D eigenvalue weighted by atomic mass is 10.1. The highest BCUT2D eigenvalue weighted by molar-refractivity contribution is 7.16. The second kappa shape index (κ2) is 6.15. The van der Waals surface area contributed by atoms with Crippen LogP contribution in [-0.4, -0.2) is 31.2 Å². The minimum Gasteiger partial charge on any atom is -0.507 e. The Hall–Kier alpha value is -2.97. The minimum atomic E-state index is -0.367. The molecule has 1 aromatic carbocycles. The topological polar surface area (TPSA) is 104 Å². The molecule has 0 saturated carbocycles. The Bertz CT molecular complexity index is 1090. The number of thiazole rings is 1. The van der Waals surface area contributed by atoms with Gasteiger partial charge >= 0.3 is 0 Å². The summed E-state index contributed by atoms with van der Waals surface area (Å²) in [6.45, 7) is 0. The number of carbonyl (C=O) groups excluding carboxylic acids is 1. The zero-order chi connectivity index (χ0) is 17.4. The molecular formula is C16H10ClN5O2S. The number of fused-ring (bicyclic) bond motifs is 1. The molecule has 3 aromatic heterocycles. The Morgan fingerprint density at radius 2 is 2.16 bits per heavy atom. The zero-order valence-corrected chi connectivity index (χ0v) is 14.1. The number of hydrogen-bond acceptors (Lipinski definition) is 6. The number of nitrogens with one attached hydrogen (secondary N) is 2. The molecule has 0 aliphatic carbocycles. The van der Waals surface area contributed by atoms with E-state index in [4.69, 9.17) is 11.6 Å². The number of pyridine rings is 1. The summed E-state index contributed by atoms with van der Waals surface area (Å²) in [5.74, 6) is -0.347.